The highest BCUT2D eigenvalue weighted by molar-refractivity contribution is 9.10. The molecule has 142 valence electrons. The Morgan fingerprint density at radius 3 is 2.78 bits per heavy atom. The molecule has 1 N–H and O–H groups in total. The van der Waals surface area contributed by atoms with Crippen LogP contribution in [0.15, 0.2) is 34.8 Å². The number of aromatic nitrogens is 4. The molecule has 0 aliphatic carbocycles. The third kappa shape index (κ3) is 4.67. The highest BCUT2D eigenvalue weighted by atomic mass is 79.9. The van der Waals surface area contributed by atoms with Crippen LogP contribution in [0.2, 0.25) is 5.02 Å². The first-order valence-corrected chi connectivity index (χ1v) is 9.04. The number of nitrogens with zero attached hydrogens (tertiary/aromatic N) is 4. The predicted molar refractivity (Wildman–Crippen MR) is 103 cm³/mol. The molecule has 0 saturated carbocycles. The van der Waals surface area contributed by atoms with Crippen molar-refractivity contribution in [3.63, 3.8) is 0 Å². The van der Waals surface area contributed by atoms with Gasteiger partial charge in [0.15, 0.2) is 11.5 Å². The molecular formula is C17H16BrClFN5O2. The zero-order valence-electron chi connectivity index (χ0n) is 14.5. The second kappa shape index (κ2) is 8.53. The van der Waals surface area contributed by atoms with E-state index in [0.29, 0.717) is 39.1 Å². The molecule has 1 heterocycles. The van der Waals surface area contributed by atoms with E-state index in [1.165, 1.54) is 16.8 Å². The van der Waals surface area contributed by atoms with Crippen molar-refractivity contribution in [2.24, 2.45) is 7.05 Å². The van der Waals surface area contributed by atoms with Crippen molar-refractivity contribution in [3.8, 4) is 11.5 Å². The molecule has 7 nitrogen and oxygen atoms in total. The topological polar surface area (TPSA) is 74.1 Å². The van der Waals surface area contributed by atoms with Crippen LogP contribution in [-0.4, -0.2) is 27.3 Å². The smallest absolute Gasteiger partial charge is 0.242 e. The quantitative estimate of drug-likeness (QED) is 0.580. The van der Waals surface area contributed by atoms with Gasteiger partial charge in [-0.25, -0.2) is 9.07 Å². The lowest BCUT2D eigenvalue weighted by atomic mass is 10.2. The minimum absolute atomic E-state index is 0.177. The second-order valence-electron chi connectivity index (χ2n) is 5.61. The number of methoxy groups -OCH3 is 1. The maximum Gasteiger partial charge on any atom is 0.242 e. The third-order valence-corrected chi connectivity index (χ3v) is 4.69. The predicted octanol–water partition coefficient (Wildman–Crippen LogP) is 3.96. The van der Waals surface area contributed by atoms with Crippen LogP contribution >= 0.6 is 27.5 Å². The number of ether oxygens (including phenoxy) is 2. The van der Waals surface area contributed by atoms with Crippen LogP contribution in [0.5, 0.6) is 11.5 Å². The molecule has 2 aromatic carbocycles. The number of hydrogen-bond donors (Lipinski definition) is 1. The fraction of sp³-hybridized carbons (Fsp3) is 0.235. The third-order valence-electron chi connectivity index (χ3n) is 3.75. The maximum atomic E-state index is 13.2. The van der Waals surface area contributed by atoms with E-state index in [1.54, 1.807) is 20.2 Å². The van der Waals surface area contributed by atoms with Gasteiger partial charge in [-0.1, -0.05) is 22.8 Å². The van der Waals surface area contributed by atoms with Crippen molar-refractivity contribution in [1.29, 1.82) is 0 Å². The summed E-state index contributed by atoms with van der Waals surface area (Å²) in [6, 6.07) is 7.94. The Labute approximate surface area is 168 Å². The molecule has 0 aliphatic heterocycles. The van der Waals surface area contributed by atoms with Crippen molar-refractivity contribution in [2.75, 3.05) is 12.4 Å². The van der Waals surface area contributed by atoms with Crippen LogP contribution in [-0.2, 0) is 20.2 Å². The summed E-state index contributed by atoms with van der Waals surface area (Å²) in [4.78, 5) is 0. The molecule has 0 bridgehead atoms. The van der Waals surface area contributed by atoms with Crippen LogP contribution in [0, 0.1) is 5.82 Å². The van der Waals surface area contributed by atoms with Crippen molar-refractivity contribution in [1.82, 2.24) is 20.2 Å². The first-order chi connectivity index (χ1) is 13.0. The van der Waals surface area contributed by atoms with E-state index in [-0.39, 0.29) is 6.61 Å². The summed E-state index contributed by atoms with van der Waals surface area (Å²) >= 11 is 9.55. The first-order valence-electron chi connectivity index (χ1n) is 7.87. The number of benzene rings is 2. The molecule has 0 fully saturated rings. The molecule has 27 heavy (non-hydrogen) atoms. The molecule has 0 radical (unpaired) electrons. The molecule has 0 unspecified atom stereocenters. The largest absolute Gasteiger partial charge is 0.493 e. The Kier molecular flexibility index (Phi) is 6.12. The second-order valence-corrected chi connectivity index (χ2v) is 6.87. The van der Waals surface area contributed by atoms with Gasteiger partial charge in [-0.2, -0.15) is 0 Å². The lowest BCUT2D eigenvalue weighted by molar-refractivity contribution is 0.282. The minimum Gasteiger partial charge on any atom is -0.493 e. The van der Waals surface area contributed by atoms with Crippen molar-refractivity contribution < 1.29 is 13.9 Å². The number of aryl methyl sites for hydroxylation is 1. The van der Waals surface area contributed by atoms with Gasteiger partial charge in [0.25, 0.3) is 0 Å². The van der Waals surface area contributed by atoms with Crippen LogP contribution in [0.1, 0.15) is 11.1 Å². The van der Waals surface area contributed by atoms with Gasteiger partial charge < -0.3 is 14.8 Å². The van der Waals surface area contributed by atoms with Crippen LogP contribution in [0.3, 0.4) is 0 Å². The van der Waals surface area contributed by atoms with E-state index >= 15 is 0 Å². The molecular weight excluding hydrogens is 441 g/mol. The average molecular weight is 457 g/mol. The van der Waals surface area contributed by atoms with E-state index in [0.717, 1.165) is 5.56 Å². The molecule has 10 heteroatoms. The van der Waals surface area contributed by atoms with Crippen molar-refractivity contribution in [2.45, 2.75) is 13.2 Å². The summed E-state index contributed by atoms with van der Waals surface area (Å²) in [6.45, 7) is 0.670. The number of hydrogen-bond acceptors (Lipinski definition) is 6. The van der Waals surface area contributed by atoms with E-state index < -0.39 is 5.82 Å². The standard InChI is InChI=1S/C17H16BrClFN5O2/c1-25-17(22-23-24-25)21-8-10-5-13(18)16(15(6-10)26-2)27-9-11-3-4-12(20)7-14(11)19/h3-7H,8-9H2,1-2H3,(H,21,22,24). The Hall–Kier alpha value is -2.39. The summed E-state index contributed by atoms with van der Waals surface area (Å²) in [7, 11) is 3.31. The van der Waals surface area contributed by atoms with Crippen molar-refractivity contribution in [3.05, 3.63) is 56.8 Å². The van der Waals surface area contributed by atoms with Gasteiger partial charge in [0.05, 0.1) is 16.6 Å². The molecule has 0 amide bonds. The molecule has 0 aliphatic rings. The maximum absolute atomic E-state index is 13.2. The monoisotopic (exact) mass is 455 g/mol. The number of nitrogens with one attached hydrogen (secondary N) is 1. The number of rotatable bonds is 7. The summed E-state index contributed by atoms with van der Waals surface area (Å²) in [5.74, 6) is 1.24. The van der Waals surface area contributed by atoms with E-state index in [4.69, 9.17) is 21.1 Å². The lowest BCUT2D eigenvalue weighted by Crippen LogP contribution is -2.06. The number of anilines is 1. The normalized spacial score (nSPS) is 10.7. The van der Waals surface area contributed by atoms with Gasteiger partial charge in [-0.05, 0) is 56.2 Å². The minimum atomic E-state index is -0.391. The Balaban J connectivity index is 1.74. The van der Waals surface area contributed by atoms with Crippen LogP contribution in [0.25, 0.3) is 0 Å². The summed E-state index contributed by atoms with van der Waals surface area (Å²) < 4.78 is 26.7. The zero-order valence-corrected chi connectivity index (χ0v) is 16.9. The van der Waals surface area contributed by atoms with Gasteiger partial charge in [-0.15, -0.1) is 0 Å². The fourth-order valence-corrected chi connectivity index (χ4v) is 3.19. The first kappa shape index (κ1) is 19.4. The van der Waals surface area contributed by atoms with Gasteiger partial charge >= 0.3 is 0 Å². The molecule has 0 atom stereocenters. The van der Waals surface area contributed by atoms with Crippen LogP contribution in [0.4, 0.5) is 10.3 Å². The number of tetrazole rings is 1. The highest BCUT2D eigenvalue weighted by Crippen LogP contribution is 2.37. The van der Waals surface area contributed by atoms with Gasteiger partial charge in [0.1, 0.15) is 12.4 Å². The summed E-state index contributed by atoms with van der Waals surface area (Å²) in [5.41, 5.74) is 1.61. The number of halogens is 3. The van der Waals surface area contributed by atoms with E-state index in [1.807, 2.05) is 12.1 Å². The van der Waals surface area contributed by atoms with Gasteiger partial charge in [-0.3, -0.25) is 0 Å². The van der Waals surface area contributed by atoms with E-state index in [9.17, 15) is 4.39 Å². The fourth-order valence-electron chi connectivity index (χ4n) is 2.36. The lowest BCUT2D eigenvalue weighted by Gasteiger charge is -2.15. The average Bonchev–Trinajstić information content (AvgIpc) is 3.05. The van der Waals surface area contributed by atoms with Crippen molar-refractivity contribution >= 4 is 33.5 Å². The molecule has 0 spiro atoms. The summed E-state index contributed by atoms with van der Waals surface area (Å²) in [6.07, 6.45) is 0. The molecule has 0 saturated heterocycles. The molecule has 3 rings (SSSR count). The van der Waals surface area contributed by atoms with Gasteiger partial charge in [0, 0.05) is 19.2 Å². The zero-order chi connectivity index (χ0) is 19.4. The highest BCUT2D eigenvalue weighted by Gasteiger charge is 2.14. The van der Waals surface area contributed by atoms with E-state index in [2.05, 4.69) is 36.8 Å². The Morgan fingerprint density at radius 1 is 1.30 bits per heavy atom. The Bertz CT molecular complexity index is 953. The Morgan fingerprint density at radius 2 is 2.11 bits per heavy atom. The summed E-state index contributed by atoms with van der Waals surface area (Å²) in [5, 5.41) is 14.7. The SMILES string of the molecule is COc1cc(CNc2nnnn2C)cc(Br)c1OCc1ccc(F)cc1Cl. The van der Waals surface area contributed by atoms with Crippen LogP contribution < -0.4 is 14.8 Å². The molecule has 1 aromatic heterocycles. The molecule has 3 aromatic rings. The van der Waals surface area contributed by atoms with Gasteiger partial charge in [0.2, 0.25) is 5.95 Å².